The second-order valence-electron chi connectivity index (χ2n) is 7.01. The molecule has 0 bridgehead atoms. The summed E-state index contributed by atoms with van der Waals surface area (Å²) < 4.78 is 1.97. The number of hydrogen-bond donors (Lipinski definition) is 2. The highest BCUT2D eigenvalue weighted by Gasteiger charge is 2.23. The van der Waals surface area contributed by atoms with Crippen molar-refractivity contribution < 1.29 is 9.59 Å². The summed E-state index contributed by atoms with van der Waals surface area (Å²) >= 11 is 1.35. The number of para-hydroxylation sites is 1. The molecule has 7 heteroatoms. The molecule has 27 heavy (non-hydrogen) atoms. The van der Waals surface area contributed by atoms with Gasteiger partial charge < -0.3 is 15.2 Å². The Balaban J connectivity index is 1.71. The molecule has 2 N–H and O–H groups in total. The van der Waals surface area contributed by atoms with Gasteiger partial charge in [0.1, 0.15) is 12.6 Å². The Morgan fingerprint density at radius 3 is 2.74 bits per heavy atom. The number of fused-ring (bicyclic) bond motifs is 1. The van der Waals surface area contributed by atoms with E-state index in [1.807, 2.05) is 49.6 Å². The average molecular weight is 385 g/mol. The average Bonchev–Trinajstić information content (AvgIpc) is 3.22. The standard InChI is InChI=1S/C20H24N4O2S/c1-13(2)10-16(19(26)23-20-21-8-9-27-20)22-18(25)12-24-14(3)11-15-6-4-5-7-17(15)24/h4-9,11,13,16H,10,12H2,1-3H3,(H,22,25)(H,21,23,26). The maximum Gasteiger partial charge on any atom is 0.248 e. The van der Waals surface area contributed by atoms with Crippen LogP contribution in [-0.2, 0) is 16.1 Å². The van der Waals surface area contributed by atoms with Crippen LogP contribution in [0.15, 0.2) is 41.9 Å². The number of amides is 2. The SMILES string of the molecule is Cc1cc2ccccc2n1CC(=O)NC(CC(C)C)C(=O)Nc1nccs1. The zero-order valence-corrected chi connectivity index (χ0v) is 16.5. The molecule has 0 fully saturated rings. The first-order valence-electron chi connectivity index (χ1n) is 8.98. The Morgan fingerprint density at radius 2 is 2.04 bits per heavy atom. The molecule has 2 heterocycles. The lowest BCUT2D eigenvalue weighted by atomic mass is 10.0. The van der Waals surface area contributed by atoms with E-state index in [-0.39, 0.29) is 24.3 Å². The Labute approximate surface area is 162 Å². The molecular weight excluding hydrogens is 360 g/mol. The molecule has 0 radical (unpaired) electrons. The fourth-order valence-corrected chi connectivity index (χ4v) is 3.65. The van der Waals surface area contributed by atoms with Gasteiger partial charge in [0.25, 0.3) is 0 Å². The number of anilines is 1. The number of benzene rings is 1. The van der Waals surface area contributed by atoms with Gasteiger partial charge in [0.15, 0.2) is 5.13 Å². The molecule has 0 saturated carbocycles. The molecule has 2 aromatic heterocycles. The lowest BCUT2D eigenvalue weighted by Gasteiger charge is -2.20. The fraction of sp³-hybridized carbons (Fsp3) is 0.350. The molecule has 1 unspecified atom stereocenters. The lowest BCUT2D eigenvalue weighted by molar-refractivity contribution is -0.127. The molecule has 1 atom stereocenters. The van der Waals surface area contributed by atoms with E-state index < -0.39 is 6.04 Å². The first-order chi connectivity index (χ1) is 12.9. The number of rotatable bonds is 7. The summed E-state index contributed by atoms with van der Waals surface area (Å²) in [6, 6.07) is 9.43. The maximum absolute atomic E-state index is 12.7. The van der Waals surface area contributed by atoms with Crippen LogP contribution in [0.5, 0.6) is 0 Å². The minimum absolute atomic E-state index is 0.179. The van der Waals surface area contributed by atoms with Gasteiger partial charge in [-0.3, -0.25) is 9.59 Å². The first kappa shape index (κ1) is 19.1. The highest BCUT2D eigenvalue weighted by Crippen LogP contribution is 2.19. The lowest BCUT2D eigenvalue weighted by Crippen LogP contribution is -2.45. The van der Waals surface area contributed by atoms with Crippen molar-refractivity contribution >= 4 is 39.2 Å². The molecule has 3 aromatic rings. The van der Waals surface area contributed by atoms with E-state index in [0.717, 1.165) is 16.6 Å². The van der Waals surface area contributed by atoms with Crippen LogP contribution in [0.3, 0.4) is 0 Å². The molecule has 0 aliphatic carbocycles. The number of thiazole rings is 1. The van der Waals surface area contributed by atoms with Crippen LogP contribution >= 0.6 is 11.3 Å². The second kappa shape index (κ2) is 8.35. The number of hydrogen-bond acceptors (Lipinski definition) is 4. The van der Waals surface area contributed by atoms with Gasteiger partial charge in [-0.25, -0.2) is 4.98 Å². The molecular formula is C20H24N4O2S. The zero-order valence-electron chi connectivity index (χ0n) is 15.7. The van der Waals surface area contributed by atoms with Crippen molar-refractivity contribution in [2.45, 2.75) is 39.8 Å². The van der Waals surface area contributed by atoms with E-state index >= 15 is 0 Å². The van der Waals surface area contributed by atoms with Crippen molar-refractivity contribution in [2.75, 3.05) is 5.32 Å². The van der Waals surface area contributed by atoms with Crippen LogP contribution < -0.4 is 10.6 Å². The summed E-state index contributed by atoms with van der Waals surface area (Å²) in [5.41, 5.74) is 2.02. The number of carbonyl (C=O) groups is 2. The number of carbonyl (C=O) groups excluding carboxylic acids is 2. The topological polar surface area (TPSA) is 76.0 Å². The molecule has 6 nitrogen and oxygen atoms in total. The van der Waals surface area contributed by atoms with Gasteiger partial charge in [0.2, 0.25) is 11.8 Å². The van der Waals surface area contributed by atoms with E-state index in [0.29, 0.717) is 11.6 Å². The summed E-state index contributed by atoms with van der Waals surface area (Å²) in [4.78, 5) is 29.4. The van der Waals surface area contributed by atoms with Crippen molar-refractivity contribution in [3.05, 3.63) is 47.6 Å². The second-order valence-corrected chi connectivity index (χ2v) is 7.90. The smallest absolute Gasteiger partial charge is 0.248 e. The third kappa shape index (κ3) is 4.74. The quantitative estimate of drug-likeness (QED) is 0.654. The zero-order chi connectivity index (χ0) is 19.4. The highest BCUT2D eigenvalue weighted by molar-refractivity contribution is 7.13. The number of aromatic nitrogens is 2. The molecule has 0 aliphatic heterocycles. The molecule has 0 spiro atoms. The van der Waals surface area contributed by atoms with Gasteiger partial charge in [-0.05, 0) is 36.8 Å². The predicted molar refractivity (Wildman–Crippen MR) is 109 cm³/mol. The monoisotopic (exact) mass is 384 g/mol. The maximum atomic E-state index is 12.7. The van der Waals surface area contributed by atoms with Crippen LogP contribution in [0.25, 0.3) is 10.9 Å². The van der Waals surface area contributed by atoms with E-state index in [9.17, 15) is 9.59 Å². The molecule has 2 amide bonds. The Bertz CT molecular complexity index is 931. The summed E-state index contributed by atoms with van der Waals surface area (Å²) in [5.74, 6) is -0.146. The fourth-order valence-electron chi connectivity index (χ4n) is 3.12. The highest BCUT2D eigenvalue weighted by atomic mass is 32.1. The van der Waals surface area contributed by atoms with Gasteiger partial charge in [0, 0.05) is 22.8 Å². The van der Waals surface area contributed by atoms with E-state index in [2.05, 4.69) is 21.7 Å². The summed E-state index contributed by atoms with van der Waals surface area (Å²) in [6.45, 7) is 6.21. The minimum atomic E-state index is -0.594. The third-order valence-corrected chi connectivity index (χ3v) is 5.03. The summed E-state index contributed by atoms with van der Waals surface area (Å²) in [7, 11) is 0. The third-order valence-electron chi connectivity index (χ3n) is 4.34. The van der Waals surface area contributed by atoms with Crippen molar-refractivity contribution in [3.63, 3.8) is 0 Å². The predicted octanol–water partition coefficient (Wildman–Crippen LogP) is 3.58. The van der Waals surface area contributed by atoms with E-state index in [4.69, 9.17) is 0 Å². The van der Waals surface area contributed by atoms with Crippen molar-refractivity contribution in [1.82, 2.24) is 14.9 Å². The molecule has 1 aromatic carbocycles. The molecule has 3 rings (SSSR count). The van der Waals surface area contributed by atoms with Crippen molar-refractivity contribution in [2.24, 2.45) is 5.92 Å². The Morgan fingerprint density at radius 1 is 1.26 bits per heavy atom. The Kier molecular flexibility index (Phi) is 5.91. The molecule has 142 valence electrons. The van der Waals surface area contributed by atoms with Crippen molar-refractivity contribution in [1.29, 1.82) is 0 Å². The summed E-state index contributed by atoms with van der Waals surface area (Å²) in [5, 5.41) is 9.11. The van der Waals surface area contributed by atoms with Gasteiger partial charge in [0.05, 0.1) is 0 Å². The normalized spacial score (nSPS) is 12.3. The van der Waals surface area contributed by atoms with E-state index in [1.165, 1.54) is 11.3 Å². The van der Waals surface area contributed by atoms with Gasteiger partial charge in [-0.1, -0.05) is 32.0 Å². The van der Waals surface area contributed by atoms with Gasteiger partial charge in [-0.15, -0.1) is 11.3 Å². The minimum Gasteiger partial charge on any atom is -0.343 e. The van der Waals surface area contributed by atoms with Gasteiger partial charge in [-0.2, -0.15) is 0 Å². The van der Waals surface area contributed by atoms with E-state index in [1.54, 1.807) is 11.6 Å². The number of aryl methyl sites for hydroxylation is 1. The molecule has 0 saturated heterocycles. The Hall–Kier alpha value is -2.67. The largest absolute Gasteiger partial charge is 0.343 e. The van der Waals surface area contributed by atoms with Crippen LogP contribution in [0.1, 0.15) is 26.0 Å². The van der Waals surface area contributed by atoms with Crippen LogP contribution in [0.4, 0.5) is 5.13 Å². The van der Waals surface area contributed by atoms with Crippen LogP contribution in [0, 0.1) is 12.8 Å². The first-order valence-corrected chi connectivity index (χ1v) is 9.86. The van der Waals surface area contributed by atoms with Crippen LogP contribution in [-0.4, -0.2) is 27.4 Å². The number of nitrogens with zero attached hydrogens (tertiary/aromatic N) is 2. The van der Waals surface area contributed by atoms with Gasteiger partial charge >= 0.3 is 0 Å². The van der Waals surface area contributed by atoms with Crippen molar-refractivity contribution in [3.8, 4) is 0 Å². The van der Waals surface area contributed by atoms with Crippen LogP contribution in [0.2, 0.25) is 0 Å². The molecule has 0 aliphatic rings. The summed E-state index contributed by atoms with van der Waals surface area (Å²) in [6.07, 6.45) is 2.20. The number of nitrogens with one attached hydrogen (secondary N) is 2.